The van der Waals surface area contributed by atoms with Crippen molar-refractivity contribution < 1.29 is 9.59 Å². The lowest BCUT2D eigenvalue weighted by Crippen LogP contribution is -2.44. The van der Waals surface area contributed by atoms with Gasteiger partial charge in [-0.1, -0.05) is 71.7 Å². The second-order valence-electron chi connectivity index (χ2n) is 8.92. The van der Waals surface area contributed by atoms with Crippen LogP contribution in [0.15, 0.2) is 72.8 Å². The lowest BCUT2D eigenvalue weighted by atomic mass is 10.0. The van der Waals surface area contributed by atoms with E-state index < -0.39 is 0 Å². The van der Waals surface area contributed by atoms with Crippen molar-refractivity contribution in [1.82, 2.24) is 15.5 Å². The molecule has 4 rings (SSSR count). The molecule has 5 nitrogen and oxygen atoms in total. The summed E-state index contributed by atoms with van der Waals surface area (Å²) in [4.78, 5) is 28.4. The number of hydrogen-bond donors (Lipinski definition) is 2. The van der Waals surface area contributed by atoms with Gasteiger partial charge in [0.05, 0.1) is 27.2 Å². The SMILES string of the molecule is CC(NC(=O)c1ccccc1C(=O)NC1CCN(Cc2ccc(Cl)c(Cl)c2)CC1)c1ccccc1. The Morgan fingerprint density at radius 2 is 1.51 bits per heavy atom. The number of benzene rings is 3. The Kier molecular flexibility index (Phi) is 8.45. The highest BCUT2D eigenvalue weighted by molar-refractivity contribution is 6.42. The van der Waals surface area contributed by atoms with Gasteiger partial charge >= 0.3 is 0 Å². The summed E-state index contributed by atoms with van der Waals surface area (Å²) in [6, 6.07) is 22.3. The van der Waals surface area contributed by atoms with Gasteiger partial charge in [-0.2, -0.15) is 0 Å². The third kappa shape index (κ3) is 6.63. The number of amides is 2. The van der Waals surface area contributed by atoms with Crippen LogP contribution in [0.5, 0.6) is 0 Å². The number of carbonyl (C=O) groups is 2. The van der Waals surface area contributed by atoms with Gasteiger partial charge in [-0.25, -0.2) is 0 Å². The van der Waals surface area contributed by atoms with Gasteiger partial charge in [0.15, 0.2) is 0 Å². The molecule has 1 saturated heterocycles. The number of rotatable bonds is 7. The summed E-state index contributed by atoms with van der Waals surface area (Å²) >= 11 is 12.2. The average Bonchev–Trinajstić information content (AvgIpc) is 2.88. The fraction of sp³-hybridized carbons (Fsp3) is 0.286. The van der Waals surface area contributed by atoms with Gasteiger partial charge < -0.3 is 10.6 Å². The highest BCUT2D eigenvalue weighted by atomic mass is 35.5. The quantitative estimate of drug-likeness (QED) is 0.418. The summed E-state index contributed by atoms with van der Waals surface area (Å²) in [6.07, 6.45) is 1.68. The van der Waals surface area contributed by atoms with Crippen molar-refractivity contribution in [3.63, 3.8) is 0 Å². The van der Waals surface area contributed by atoms with Crippen molar-refractivity contribution in [2.45, 2.75) is 38.4 Å². The molecule has 0 radical (unpaired) electrons. The van der Waals surface area contributed by atoms with E-state index in [1.807, 2.05) is 55.5 Å². The molecule has 1 aliphatic heterocycles. The van der Waals surface area contributed by atoms with Crippen LogP contribution >= 0.6 is 23.2 Å². The van der Waals surface area contributed by atoms with Crippen LogP contribution in [0.4, 0.5) is 0 Å². The van der Waals surface area contributed by atoms with E-state index in [1.54, 1.807) is 24.3 Å². The highest BCUT2D eigenvalue weighted by Gasteiger charge is 2.24. The Bertz CT molecular complexity index is 1180. The summed E-state index contributed by atoms with van der Waals surface area (Å²) in [5, 5.41) is 7.25. The van der Waals surface area contributed by atoms with Crippen LogP contribution in [0, 0.1) is 0 Å². The zero-order valence-electron chi connectivity index (χ0n) is 19.6. The van der Waals surface area contributed by atoms with Crippen LogP contribution < -0.4 is 10.6 Å². The molecule has 7 heteroatoms. The van der Waals surface area contributed by atoms with E-state index in [4.69, 9.17) is 23.2 Å². The summed E-state index contributed by atoms with van der Waals surface area (Å²) in [5.41, 5.74) is 2.90. The molecule has 0 aliphatic carbocycles. The average molecular weight is 510 g/mol. The number of piperidine rings is 1. The maximum absolute atomic E-state index is 13.1. The summed E-state index contributed by atoms with van der Waals surface area (Å²) in [5.74, 6) is -0.477. The van der Waals surface area contributed by atoms with Crippen molar-refractivity contribution >= 4 is 35.0 Å². The first-order valence-electron chi connectivity index (χ1n) is 11.8. The first-order valence-corrected chi connectivity index (χ1v) is 12.6. The largest absolute Gasteiger partial charge is 0.349 e. The molecule has 0 bridgehead atoms. The smallest absolute Gasteiger partial charge is 0.252 e. The van der Waals surface area contributed by atoms with Crippen LogP contribution in [0.1, 0.15) is 57.7 Å². The Morgan fingerprint density at radius 1 is 0.886 bits per heavy atom. The Hall–Kier alpha value is -2.86. The molecule has 1 atom stereocenters. The van der Waals surface area contributed by atoms with Crippen LogP contribution in [0.25, 0.3) is 0 Å². The molecule has 1 heterocycles. The van der Waals surface area contributed by atoms with E-state index in [-0.39, 0.29) is 23.9 Å². The monoisotopic (exact) mass is 509 g/mol. The van der Waals surface area contributed by atoms with Gasteiger partial charge in [-0.15, -0.1) is 0 Å². The number of carbonyl (C=O) groups excluding carboxylic acids is 2. The molecule has 3 aromatic rings. The number of hydrogen-bond acceptors (Lipinski definition) is 3. The fourth-order valence-electron chi connectivity index (χ4n) is 4.37. The van der Waals surface area contributed by atoms with E-state index >= 15 is 0 Å². The van der Waals surface area contributed by atoms with E-state index in [0.29, 0.717) is 21.2 Å². The fourth-order valence-corrected chi connectivity index (χ4v) is 4.69. The molecular weight excluding hydrogens is 481 g/mol. The van der Waals surface area contributed by atoms with Crippen molar-refractivity contribution in [1.29, 1.82) is 0 Å². The van der Waals surface area contributed by atoms with Crippen LogP contribution in [0.2, 0.25) is 10.0 Å². The molecule has 182 valence electrons. The van der Waals surface area contributed by atoms with Gasteiger partial charge in [-0.3, -0.25) is 14.5 Å². The third-order valence-electron chi connectivity index (χ3n) is 6.38. The van der Waals surface area contributed by atoms with Gasteiger partial charge in [0.1, 0.15) is 0 Å². The molecule has 0 aromatic heterocycles. The van der Waals surface area contributed by atoms with Gasteiger partial charge in [0, 0.05) is 25.7 Å². The number of nitrogens with zero attached hydrogens (tertiary/aromatic N) is 1. The van der Waals surface area contributed by atoms with Crippen LogP contribution in [-0.4, -0.2) is 35.8 Å². The topological polar surface area (TPSA) is 61.4 Å². The number of likely N-dealkylation sites (tertiary alicyclic amines) is 1. The first-order chi connectivity index (χ1) is 16.9. The van der Waals surface area contributed by atoms with E-state index in [1.165, 1.54) is 0 Å². The summed E-state index contributed by atoms with van der Waals surface area (Å²) in [7, 11) is 0. The zero-order chi connectivity index (χ0) is 24.8. The van der Waals surface area contributed by atoms with Gasteiger partial charge in [-0.05, 0) is 55.2 Å². The Labute approximate surface area is 216 Å². The Balaban J connectivity index is 1.33. The Morgan fingerprint density at radius 3 is 2.17 bits per heavy atom. The molecule has 1 aliphatic rings. The van der Waals surface area contributed by atoms with Crippen molar-refractivity contribution in [3.05, 3.63) is 105 Å². The minimum atomic E-state index is -0.261. The third-order valence-corrected chi connectivity index (χ3v) is 7.12. The normalized spacial score (nSPS) is 15.4. The molecule has 3 aromatic carbocycles. The lowest BCUT2D eigenvalue weighted by Gasteiger charge is -2.32. The highest BCUT2D eigenvalue weighted by Crippen LogP contribution is 2.24. The second-order valence-corrected chi connectivity index (χ2v) is 9.74. The predicted octanol–water partition coefficient (Wildman–Crippen LogP) is 5.88. The van der Waals surface area contributed by atoms with E-state index in [0.717, 1.165) is 43.6 Å². The molecule has 35 heavy (non-hydrogen) atoms. The number of halogens is 2. The molecule has 0 spiro atoms. The lowest BCUT2D eigenvalue weighted by molar-refractivity contribution is 0.0886. The summed E-state index contributed by atoms with van der Waals surface area (Å²) < 4.78 is 0. The van der Waals surface area contributed by atoms with Crippen LogP contribution in [0.3, 0.4) is 0 Å². The van der Waals surface area contributed by atoms with Crippen molar-refractivity contribution in [2.75, 3.05) is 13.1 Å². The predicted molar refractivity (Wildman–Crippen MR) is 141 cm³/mol. The van der Waals surface area contributed by atoms with Crippen LogP contribution in [-0.2, 0) is 6.54 Å². The van der Waals surface area contributed by atoms with Crippen molar-refractivity contribution in [2.24, 2.45) is 0 Å². The zero-order valence-corrected chi connectivity index (χ0v) is 21.1. The van der Waals surface area contributed by atoms with Crippen molar-refractivity contribution in [3.8, 4) is 0 Å². The molecule has 1 fully saturated rings. The van der Waals surface area contributed by atoms with Gasteiger partial charge in [0.2, 0.25) is 0 Å². The first kappa shape index (κ1) is 25.2. The second kappa shape index (κ2) is 11.7. The molecule has 1 unspecified atom stereocenters. The maximum Gasteiger partial charge on any atom is 0.252 e. The minimum Gasteiger partial charge on any atom is -0.349 e. The molecule has 2 amide bonds. The number of nitrogens with one attached hydrogen (secondary N) is 2. The molecular formula is C28H29Cl2N3O2. The maximum atomic E-state index is 13.1. The molecule has 2 N–H and O–H groups in total. The van der Waals surface area contributed by atoms with Gasteiger partial charge in [0.25, 0.3) is 11.8 Å². The standard InChI is InChI=1S/C28H29Cl2N3O2/c1-19(21-7-3-2-4-8-21)31-27(34)23-9-5-6-10-24(23)28(35)32-22-13-15-33(16-14-22)18-20-11-12-25(29)26(30)17-20/h2-12,17,19,22H,13-16,18H2,1H3,(H,31,34)(H,32,35). The molecule has 0 saturated carbocycles. The minimum absolute atomic E-state index is 0.0620. The van der Waals surface area contributed by atoms with E-state index in [9.17, 15) is 9.59 Å². The van der Waals surface area contributed by atoms with E-state index in [2.05, 4.69) is 15.5 Å². The summed E-state index contributed by atoms with van der Waals surface area (Å²) in [6.45, 7) is 4.45.